The summed E-state index contributed by atoms with van der Waals surface area (Å²) in [6.45, 7) is 4.38. The van der Waals surface area contributed by atoms with Crippen molar-refractivity contribution >= 4 is 28.3 Å². The van der Waals surface area contributed by atoms with Crippen LogP contribution in [0.3, 0.4) is 0 Å². The zero-order valence-corrected chi connectivity index (χ0v) is 15.6. The number of nitrogens with two attached hydrogens (primary N) is 1. The average Bonchev–Trinajstić information content (AvgIpc) is 2.51. The highest BCUT2D eigenvalue weighted by Crippen LogP contribution is 2.16. The Kier molecular flexibility index (Phi) is 8.76. The number of carbonyl (C=O) groups is 1. The Hall–Kier alpha value is -1.15. The second-order valence-corrected chi connectivity index (χ2v) is 7.67. The van der Waals surface area contributed by atoms with Crippen LogP contribution in [0.4, 0.5) is 0 Å². The minimum Gasteiger partial charge on any atom is -0.355 e. The zero-order chi connectivity index (χ0) is 16.9. The van der Waals surface area contributed by atoms with Crippen LogP contribution in [0.2, 0.25) is 0 Å². The topological polar surface area (TPSA) is 92.5 Å². The molecule has 1 aromatic carbocycles. The summed E-state index contributed by atoms with van der Waals surface area (Å²) in [4.78, 5) is 11.6. The van der Waals surface area contributed by atoms with Gasteiger partial charge in [-0.05, 0) is 36.6 Å². The van der Waals surface area contributed by atoms with Crippen LogP contribution in [0.5, 0.6) is 0 Å². The lowest BCUT2D eigenvalue weighted by Gasteiger charge is -2.21. The molecule has 8 heteroatoms. The lowest BCUT2D eigenvalue weighted by Crippen LogP contribution is -2.34. The molecule has 0 saturated heterocycles. The third-order valence-corrected chi connectivity index (χ3v) is 5.56. The molecule has 1 amide bonds. The predicted octanol–water partition coefficient (Wildman–Crippen LogP) is 1.46. The fourth-order valence-corrected chi connectivity index (χ4v) is 3.07. The summed E-state index contributed by atoms with van der Waals surface area (Å²) in [5, 5.41) is 2.49. The molecule has 1 atom stereocenters. The molecule has 0 aliphatic heterocycles. The van der Waals surface area contributed by atoms with Crippen LogP contribution >= 0.6 is 12.4 Å². The third-order valence-electron chi connectivity index (χ3n) is 3.69. The number of nitrogens with one attached hydrogen (secondary N) is 1. The number of hydrogen-bond donors (Lipinski definition) is 2. The van der Waals surface area contributed by atoms with Crippen molar-refractivity contribution in [3.63, 3.8) is 0 Å². The number of sulfonamides is 1. The molecule has 0 saturated carbocycles. The smallest absolute Gasteiger partial charge is 0.251 e. The van der Waals surface area contributed by atoms with E-state index in [9.17, 15) is 13.2 Å². The maximum atomic E-state index is 12.4. The second-order valence-electron chi connectivity index (χ2n) is 5.63. The van der Waals surface area contributed by atoms with Gasteiger partial charge >= 0.3 is 0 Å². The summed E-state index contributed by atoms with van der Waals surface area (Å²) >= 11 is 0. The van der Waals surface area contributed by atoms with Crippen molar-refractivity contribution in [2.45, 2.75) is 31.2 Å². The molecule has 1 unspecified atom stereocenters. The van der Waals surface area contributed by atoms with Gasteiger partial charge < -0.3 is 11.1 Å². The van der Waals surface area contributed by atoms with E-state index in [2.05, 4.69) is 5.32 Å². The van der Waals surface area contributed by atoms with Crippen LogP contribution in [0.25, 0.3) is 0 Å². The SMILES string of the molecule is CNC(=O)c1ccc(S(=O)(=O)N(C)CCC(N)C(C)C)cc1.Cl. The van der Waals surface area contributed by atoms with Crippen molar-refractivity contribution in [3.05, 3.63) is 29.8 Å². The quantitative estimate of drug-likeness (QED) is 0.767. The van der Waals surface area contributed by atoms with E-state index in [4.69, 9.17) is 5.73 Å². The van der Waals surface area contributed by atoms with Gasteiger partial charge in [0.05, 0.1) is 4.90 Å². The van der Waals surface area contributed by atoms with Gasteiger partial charge in [0.15, 0.2) is 0 Å². The van der Waals surface area contributed by atoms with Crippen molar-refractivity contribution in [3.8, 4) is 0 Å². The molecule has 0 fully saturated rings. The highest BCUT2D eigenvalue weighted by atomic mass is 35.5. The number of hydrogen-bond acceptors (Lipinski definition) is 4. The minimum atomic E-state index is -3.56. The Labute approximate surface area is 144 Å². The molecule has 0 radical (unpaired) electrons. The van der Waals surface area contributed by atoms with Crippen LogP contribution < -0.4 is 11.1 Å². The van der Waals surface area contributed by atoms with E-state index >= 15 is 0 Å². The van der Waals surface area contributed by atoms with E-state index in [1.807, 2.05) is 13.8 Å². The molecule has 3 N–H and O–H groups in total. The molecule has 0 spiro atoms. The number of halogens is 1. The molecular weight excluding hydrogens is 338 g/mol. The van der Waals surface area contributed by atoms with E-state index < -0.39 is 10.0 Å². The normalized spacial score (nSPS) is 12.8. The summed E-state index contributed by atoms with van der Waals surface area (Å²) in [6.07, 6.45) is 0.601. The maximum absolute atomic E-state index is 12.4. The zero-order valence-electron chi connectivity index (χ0n) is 13.9. The van der Waals surface area contributed by atoms with Gasteiger partial charge in [0.25, 0.3) is 5.91 Å². The Morgan fingerprint density at radius 1 is 1.26 bits per heavy atom. The molecule has 132 valence electrons. The Morgan fingerprint density at radius 3 is 2.22 bits per heavy atom. The highest BCUT2D eigenvalue weighted by Gasteiger charge is 2.22. The summed E-state index contributed by atoms with van der Waals surface area (Å²) in [6, 6.07) is 5.85. The molecule has 1 rings (SSSR count). The largest absolute Gasteiger partial charge is 0.355 e. The van der Waals surface area contributed by atoms with Crippen molar-refractivity contribution in [1.29, 1.82) is 0 Å². The van der Waals surface area contributed by atoms with Gasteiger partial charge in [0.2, 0.25) is 10.0 Å². The lowest BCUT2D eigenvalue weighted by atomic mass is 10.0. The van der Waals surface area contributed by atoms with E-state index in [1.165, 1.54) is 42.7 Å². The summed E-state index contributed by atoms with van der Waals surface area (Å²) < 4.78 is 26.2. The molecule has 6 nitrogen and oxygen atoms in total. The number of carbonyl (C=O) groups excluding carboxylic acids is 1. The lowest BCUT2D eigenvalue weighted by molar-refractivity contribution is 0.0963. The first kappa shape index (κ1) is 21.9. The van der Waals surface area contributed by atoms with E-state index in [-0.39, 0.29) is 29.3 Å². The minimum absolute atomic E-state index is 0. The molecule has 0 bridgehead atoms. The number of benzene rings is 1. The summed E-state index contributed by atoms with van der Waals surface area (Å²) in [5.41, 5.74) is 6.37. The van der Waals surface area contributed by atoms with Crippen LogP contribution in [0, 0.1) is 5.92 Å². The molecule has 0 aromatic heterocycles. The fourth-order valence-electron chi connectivity index (χ4n) is 1.89. The van der Waals surface area contributed by atoms with Crippen molar-refractivity contribution in [2.24, 2.45) is 11.7 Å². The molecular formula is C15H26ClN3O3S. The van der Waals surface area contributed by atoms with Crippen molar-refractivity contribution in [1.82, 2.24) is 9.62 Å². The first-order chi connectivity index (χ1) is 10.2. The highest BCUT2D eigenvalue weighted by molar-refractivity contribution is 7.89. The Morgan fingerprint density at radius 2 is 1.78 bits per heavy atom. The molecule has 0 heterocycles. The van der Waals surface area contributed by atoms with Gasteiger partial charge in [-0.25, -0.2) is 12.7 Å². The van der Waals surface area contributed by atoms with Crippen LogP contribution in [-0.2, 0) is 10.0 Å². The van der Waals surface area contributed by atoms with Crippen LogP contribution in [0.15, 0.2) is 29.2 Å². The average molecular weight is 364 g/mol. The predicted molar refractivity (Wildman–Crippen MR) is 94.3 cm³/mol. The fraction of sp³-hybridized carbons (Fsp3) is 0.533. The third kappa shape index (κ3) is 5.76. The standard InChI is InChI=1S/C15H25N3O3S.ClH/c1-11(2)14(16)9-10-18(4)22(20,21)13-7-5-12(6-8-13)15(19)17-3;/h5-8,11,14H,9-10,16H2,1-4H3,(H,17,19);1H. The molecule has 0 aliphatic carbocycles. The monoisotopic (exact) mass is 363 g/mol. The molecule has 1 aromatic rings. The van der Waals surface area contributed by atoms with Gasteiger partial charge in [0, 0.05) is 32.2 Å². The van der Waals surface area contributed by atoms with E-state index in [1.54, 1.807) is 0 Å². The first-order valence-corrected chi connectivity index (χ1v) is 8.68. The van der Waals surface area contributed by atoms with Crippen LogP contribution in [0.1, 0.15) is 30.6 Å². The summed E-state index contributed by atoms with van der Waals surface area (Å²) in [7, 11) is -0.500. The maximum Gasteiger partial charge on any atom is 0.251 e. The first-order valence-electron chi connectivity index (χ1n) is 7.24. The van der Waals surface area contributed by atoms with Crippen molar-refractivity contribution in [2.75, 3.05) is 20.6 Å². The Balaban J connectivity index is 0.00000484. The van der Waals surface area contributed by atoms with Crippen LogP contribution in [-0.4, -0.2) is 45.3 Å². The van der Waals surface area contributed by atoms with E-state index in [0.717, 1.165) is 0 Å². The molecule has 0 aliphatic rings. The van der Waals surface area contributed by atoms with Crippen molar-refractivity contribution < 1.29 is 13.2 Å². The van der Waals surface area contributed by atoms with Gasteiger partial charge in [-0.3, -0.25) is 4.79 Å². The van der Waals surface area contributed by atoms with Gasteiger partial charge in [-0.15, -0.1) is 12.4 Å². The van der Waals surface area contributed by atoms with Gasteiger partial charge in [-0.1, -0.05) is 13.8 Å². The van der Waals surface area contributed by atoms with Gasteiger partial charge in [-0.2, -0.15) is 0 Å². The Bertz CT molecular complexity index is 603. The second kappa shape index (κ2) is 9.22. The summed E-state index contributed by atoms with van der Waals surface area (Å²) in [5.74, 6) is 0.0585. The number of rotatable bonds is 7. The number of nitrogens with zero attached hydrogens (tertiary/aromatic N) is 1. The molecule has 23 heavy (non-hydrogen) atoms. The van der Waals surface area contributed by atoms with Gasteiger partial charge in [0.1, 0.15) is 0 Å². The van der Waals surface area contributed by atoms with E-state index in [0.29, 0.717) is 24.4 Å². The number of amides is 1.